The van der Waals surface area contributed by atoms with Crippen molar-refractivity contribution in [2.24, 2.45) is 0 Å². The number of nitrogens with one attached hydrogen (secondary N) is 1. The summed E-state index contributed by atoms with van der Waals surface area (Å²) >= 11 is 11.2. The molecule has 1 aromatic heterocycles. The van der Waals surface area contributed by atoms with Crippen LogP contribution in [0.15, 0.2) is 6.07 Å². The number of amides is 1. The molecule has 1 rings (SSSR count). The molecule has 0 aliphatic carbocycles. The Balaban J connectivity index is 2.47. The third-order valence-electron chi connectivity index (χ3n) is 1.61. The Labute approximate surface area is 107 Å². The first-order chi connectivity index (χ1) is 8.04. The van der Waals surface area contributed by atoms with Crippen molar-refractivity contribution >= 4 is 29.3 Å². The van der Waals surface area contributed by atoms with Gasteiger partial charge in [0.15, 0.2) is 0 Å². The second-order valence-electron chi connectivity index (χ2n) is 2.78. The number of ether oxygens (including phenoxy) is 2. The zero-order chi connectivity index (χ0) is 12.8. The van der Waals surface area contributed by atoms with Gasteiger partial charge in [-0.3, -0.25) is 0 Å². The number of nitrogens with zero attached hydrogens (tertiary/aromatic N) is 1. The van der Waals surface area contributed by atoms with Gasteiger partial charge in [-0.2, -0.15) is 9.37 Å². The van der Waals surface area contributed by atoms with Gasteiger partial charge in [0.2, 0.25) is 11.8 Å². The zero-order valence-electron chi connectivity index (χ0n) is 8.80. The van der Waals surface area contributed by atoms with E-state index in [9.17, 15) is 9.18 Å². The molecule has 0 aliphatic rings. The van der Waals surface area contributed by atoms with Crippen LogP contribution >= 0.6 is 23.2 Å². The Hall–Kier alpha value is -1.27. The van der Waals surface area contributed by atoms with E-state index >= 15 is 0 Å². The van der Waals surface area contributed by atoms with E-state index in [1.54, 1.807) is 0 Å². The monoisotopic (exact) mass is 282 g/mol. The van der Waals surface area contributed by atoms with Crippen molar-refractivity contribution in [2.75, 3.05) is 20.3 Å². The van der Waals surface area contributed by atoms with Crippen LogP contribution in [0.1, 0.15) is 0 Å². The molecule has 0 bridgehead atoms. The standard InChI is InChI=1S/C9H9Cl2FN2O3/c1-13-9(15)17-3-2-16-8-6(11)4-5(10)7(12)14-8/h4H,2-3H2,1H3,(H,13,15). The van der Waals surface area contributed by atoms with Crippen LogP contribution in [0, 0.1) is 5.95 Å². The Bertz CT molecular complexity index is 417. The number of carbonyl (C=O) groups excluding carboxylic acids is 1. The largest absolute Gasteiger partial charge is 0.473 e. The average Bonchev–Trinajstić information content (AvgIpc) is 2.30. The number of alkyl carbamates (subject to hydrolysis) is 1. The second-order valence-corrected chi connectivity index (χ2v) is 3.60. The van der Waals surface area contributed by atoms with Crippen LogP contribution in [0.5, 0.6) is 5.88 Å². The van der Waals surface area contributed by atoms with Gasteiger partial charge < -0.3 is 14.8 Å². The third kappa shape index (κ3) is 4.24. The third-order valence-corrected chi connectivity index (χ3v) is 2.15. The molecule has 1 heterocycles. The minimum atomic E-state index is -0.877. The van der Waals surface area contributed by atoms with Crippen molar-refractivity contribution in [2.45, 2.75) is 0 Å². The number of aromatic nitrogens is 1. The summed E-state index contributed by atoms with van der Waals surface area (Å²) in [5.41, 5.74) is 0. The first-order valence-electron chi connectivity index (χ1n) is 4.53. The molecule has 0 aromatic carbocycles. The summed E-state index contributed by atoms with van der Waals surface area (Å²) in [7, 11) is 1.43. The number of carbonyl (C=O) groups is 1. The van der Waals surface area contributed by atoms with Gasteiger partial charge >= 0.3 is 6.09 Å². The topological polar surface area (TPSA) is 60.5 Å². The van der Waals surface area contributed by atoms with Gasteiger partial charge in [0.05, 0.1) is 5.02 Å². The summed E-state index contributed by atoms with van der Waals surface area (Å²) in [4.78, 5) is 14.1. The van der Waals surface area contributed by atoms with Crippen LogP contribution < -0.4 is 10.1 Å². The molecule has 0 saturated heterocycles. The lowest BCUT2D eigenvalue weighted by molar-refractivity contribution is 0.125. The summed E-state index contributed by atoms with van der Waals surface area (Å²) in [6, 6.07) is 1.18. The SMILES string of the molecule is CNC(=O)OCCOc1nc(F)c(Cl)cc1Cl. The second kappa shape index (κ2) is 6.46. The molecule has 17 heavy (non-hydrogen) atoms. The first-order valence-corrected chi connectivity index (χ1v) is 5.29. The molecule has 1 N–H and O–H groups in total. The minimum Gasteiger partial charge on any atom is -0.473 e. The normalized spacial score (nSPS) is 9.88. The van der Waals surface area contributed by atoms with Crippen LogP contribution in [0.3, 0.4) is 0 Å². The maximum Gasteiger partial charge on any atom is 0.406 e. The molecule has 0 atom stereocenters. The van der Waals surface area contributed by atoms with Gasteiger partial charge in [-0.05, 0) is 6.07 Å². The fourth-order valence-electron chi connectivity index (χ4n) is 0.875. The Morgan fingerprint density at radius 3 is 2.82 bits per heavy atom. The molecule has 0 radical (unpaired) electrons. The van der Waals surface area contributed by atoms with Crippen molar-refractivity contribution in [3.63, 3.8) is 0 Å². The number of halogens is 3. The van der Waals surface area contributed by atoms with E-state index in [4.69, 9.17) is 27.9 Å². The van der Waals surface area contributed by atoms with E-state index in [2.05, 4.69) is 15.0 Å². The molecule has 5 nitrogen and oxygen atoms in total. The van der Waals surface area contributed by atoms with Gasteiger partial charge in [-0.1, -0.05) is 23.2 Å². The number of rotatable bonds is 4. The maximum atomic E-state index is 13.0. The smallest absolute Gasteiger partial charge is 0.406 e. The van der Waals surface area contributed by atoms with Crippen LogP contribution in [0.2, 0.25) is 10.0 Å². The van der Waals surface area contributed by atoms with E-state index in [-0.39, 0.29) is 29.1 Å². The van der Waals surface area contributed by atoms with Crippen molar-refractivity contribution in [1.29, 1.82) is 0 Å². The van der Waals surface area contributed by atoms with Gasteiger partial charge in [0.25, 0.3) is 0 Å². The highest BCUT2D eigenvalue weighted by Crippen LogP contribution is 2.26. The van der Waals surface area contributed by atoms with Gasteiger partial charge in [-0.25, -0.2) is 4.79 Å². The molecule has 0 spiro atoms. The number of hydrogen-bond acceptors (Lipinski definition) is 4. The molecule has 0 unspecified atom stereocenters. The van der Waals surface area contributed by atoms with Crippen LogP contribution in [0.25, 0.3) is 0 Å². The number of hydrogen-bond donors (Lipinski definition) is 1. The highest BCUT2D eigenvalue weighted by Gasteiger charge is 2.10. The van der Waals surface area contributed by atoms with Crippen LogP contribution in [0.4, 0.5) is 9.18 Å². The lowest BCUT2D eigenvalue weighted by Crippen LogP contribution is -2.22. The average molecular weight is 283 g/mol. The summed E-state index contributed by atoms with van der Waals surface area (Å²) in [6.45, 7) is -0.0108. The zero-order valence-corrected chi connectivity index (χ0v) is 10.3. The molecule has 0 fully saturated rings. The molecule has 94 valence electrons. The highest BCUT2D eigenvalue weighted by molar-refractivity contribution is 6.35. The summed E-state index contributed by atoms with van der Waals surface area (Å²) in [5.74, 6) is -0.979. The van der Waals surface area contributed by atoms with E-state index < -0.39 is 12.0 Å². The first kappa shape index (κ1) is 13.8. The molecular formula is C9H9Cl2FN2O3. The Morgan fingerprint density at radius 2 is 2.18 bits per heavy atom. The lowest BCUT2D eigenvalue weighted by Gasteiger charge is -2.08. The van der Waals surface area contributed by atoms with Crippen molar-refractivity contribution in [3.05, 3.63) is 22.1 Å². The number of pyridine rings is 1. The molecule has 1 amide bonds. The summed E-state index contributed by atoms with van der Waals surface area (Å²) in [6.07, 6.45) is -0.588. The van der Waals surface area contributed by atoms with E-state index in [1.165, 1.54) is 13.1 Å². The molecule has 1 aromatic rings. The van der Waals surface area contributed by atoms with Gasteiger partial charge in [0, 0.05) is 7.05 Å². The summed E-state index contributed by atoms with van der Waals surface area (Å²) < 4.78 is 22.6. The quantitative estimate of drug-likeness (QED) is 0.680. The van der Waals surface area contributed by atoms with Crippen molar-refractivity contribution in [3.8, 4) is 5.88 Å². The minimum absolute atomic E-state index is 0.00120. The van der Waals surface area contributed by atoms with Crippen LogP contribution in [-0.2, 0) is 4.74 Å². The van der Waals surface area contributed by atoms with Crippen LogP contribution in [-0.4, -0.2) is 31.3 Å². The summed E-state index contributed by atoms with van der Waals surface area (Å²) in [5, 5.41) is 2.14. The maximum absolute atomic E-state index is 13.0. The van der Waals surface area contributed by atoms with Gasteiger partial charge in [0.1, 0.15) is 18.2 Å². The molecule has 8 heteroatoms. The van der Waals surface area contributed by atoms with E-state index in [0.717, 1.165) is 0 Å². The van der Waals surface area contributed by atoms with Gasteiger partial charge in [-0.15, -0.1) is 0 Å². The predicted molar refractivity (Wildman–Crippen MR) is 60.1 cm³/mol. The van der Waals surface area contributed by atoms with Crippen molar-refractivity contribution in [1.82, 2.24) is 10.3 Å². The predicted octanol–water partition coefficient (Wildman–Crippen LogP) is 2.26. The fourth-order valence-corrected chi connectivity index (χ4v) is 1.29. The Morgan fingerprint density at radius 1 is 1.47 bits per heavy atom. The molecular weight excluding hydrogens is 274 g/mol. The molecule has 0 aliphatic heterocycles. The molecule has 0 saturated carbocycles. The van der Waals surface area contributed by atoms with E-state index in [0.29, 0.717) is 0 Å². The van der Waals surface area contributed by atoms with Crippen molar-refractivity contribution < 1.29 is 18.7 Å². The lowest BCUT2D eigenvalue weighted by atomic mass is 10.5. The Kier molecular flexibility index (Phi) is 5.24. The van der Waals surface area contributed by atoms with E-state index in [1.807, 2.05) is 0 Å². The highest BCUT2D eigenvalue weighted by atomic mass is 35.5. The fraction of sp³-hybridized carbons (Fsp3) is 0.333.